The maximum absolute atomic E-state index is 9.27. The van der Waals surface area contributed by atoms with E-state index in [1.807, 2.05) is 0 Å². The fourth-order valence-electron chi connectivity index (χ4n) is 0.930. The molecule has 2 aromatic rings. The number of aromatic nitrogens is 1. The summed E-state index contributed by atoms with van der Waals surface area (Å²) in [7, 11) is 0. The van der Waals surface area contributed by atoms with E-state index in [4.69, 9.17) is 10.2 Å². The Morgan fingerprint density at radius 1 is 1.55 bits per heavy atom. The molecule has 0 spiro atoms. The monoisotopic (exact) mass is 150 g/mol. The molecule has 0 atom stereocenters. The molecule has 11 heavy (non-hydrogen) atoms. The number of nitrogens with zero attached hydrogens (tertiary/aromatic N) is 1. The van der Waals surface area contributed by atoms with Crippen LogP contribution < -0.4 is 5.73 Å². The number of hydrogen-bond acceptors (Lipinski definition) is 4. The lowest BCUT2D eigenvalue weighted by atomic mass is 10.3. The average Bonchev–Trinajstić information content (AvgIpc) is 2.45. The number of nitrogens with two attached hydrogens (primary N) is 1. The van der Waals surface area contributed by atoms with Crippen molar-refractivity contribution in [2.24, 2.45) is 0 Å². The number of aromatic hydroxyl groups is 1. The van der Waals surface area contributed by atoms with Crippen LogP contribution in [0.4, 0.5) is 5.82 Å². The molecule has 2 heterocycles. The van der Waals surface area contributed by atoms with Gasteiger partial charge in [-0.15, -0.1) is 0 Å². The molecule has 0 saturated heterocycles. The Hall–Kier alpha value is -1.71. The van der Waals surface area contributed by atoms with Crippen LogP contribution in [-0.2, 0) is 0 Å². The molecule has 0 fully saturated rings. The van der Waals surface area contributed by atoms with Crippen molar-refractivity contribution in [3.05, 3.63) is 18.5 Å². The van der Waals surface area contributed by atoms with E-state index in [0.29, 0.717) is 5.58 Å². The van der Waals surface area contributed by atoms with Crippen LogP contribution in [0.1, 0.15) is 0 Å². The molecule has 0 radical (unpaired) electrons. The van der Waals surface area contributed by atoms with E-state index in [2.05, 4.69) is 4.98 Å². The number of hydrogen-bond donors (Lipinski definition) is 2. The summed E-state index contributed by atoms with van der Waals surface area (Å²) < 4.78 is 4.96. The molecule has 2 rings (SSSR count). The topological polar surface area (TPSA) is 72.3 Å². The highest BCUT2D eigenvalue weighted by Crippen LogP contribution is 2.28. The highest BCUT2D eigenvalue weighted by molar-refractivity contribution is 5.85. The van der Waals surface area contributed by atoms with Crippen molar-refractivity contribution >= 4 is 16.8 Å². The summed E-state index contributed by atoms with van der Waals surface area (Å²) in [5.41, 5.74) is 5.71. The summed E-state index contributed by atoms with van der Waals surface area (Å²) in [4.78, 5) is 3.75. The van der Waals surface area contributed by atoms with Crippen molar-refractivity contribution in [2.45, 2.75) is 0 Å². The first-order valence-corrected chi connectivity index (χ1v) is 3.09. The minimum atomic E-state index is -0.0903. The molecule has 0 aliphatic rings. The van der Waals surface area contributed by atoms with Crippen molar-refractivity contribution in [1.82, 2.24) is 4.98 Å². The zero-order valence-corrected chi connectivity index (χ0v) is 5.61. The first-order chi connectivity index (χ1) is 5.29. The van der Waals surface area contributed by atoms with Gasteiger partial charge in [-0.05, 0) is 6.07 Å². The molecule has 4 heteroatoms. The molecule has 0 amide bonds. The highest BCUT2D eigenvalue weighted by Gasteiger charge is 2.06. The maximum Gasteiger partial charge on any atom is 0.202 e. The van der Waals surface area contributed by atoms with Crippen LogP contribution >= 0.6 is 0 Å². The van der Waals surface area contributed by atoms with Gasteiger partial charge in [0.2, 0.25) is 5.75 Å². The van der Waals surface area contributed by atoms with Gasteiger partial charge in [0.25, 0.3) is 0 Å². The molecule has 3 N–H and O–H groups in total. The molecule has 0 aliphatic carbocycles. The number of pyridine rings is 1. The molecule has 0 aliphatic heterocycles. The lowest BCUT2D eigenvalue weighted by molar-refractivity contribution is 0.465. The standard InChI is InChI=1S/C7H6N2O2/c8-7-5(10)6-4(3-9-7)1-2-11-6/h1-3,10H,(H2,8,9). The van der Waals surface area contributed by atoms with Gasteiger partial charge in [-0.2, -0.15) is 0 Å². The van der Waals surface area contributed by atoms with Gasteiger partial charge < -0.3 is 15.3 Å². The van der Waals surface area contributed by atoms with E-state index in [-0.39, 0.29) is 11.6 Å². The Kier molecular flexibility index (Phi) is 1.03. The molecule has 4 nitrogen and oxygen atoms in total. The van der Waals surface area contributed by atoms with Gasteiger partial charge in [-0.1, -0.05) is 0 Å². The molecule has 2 aromatic heterocycles. The average molecular weight is 150 g/mol. The first kappa shape index (κ1) is 6.03. The van der Waals surface area contributed by atoms with E-state index in [1.54, 1.807) is 12.3 Å². The van der Waals surface area contributed by atoms with Crippen molar-refractivity contribution in [2.75, 3.05) is 5.73 Å². The Balaban J connectivity index is 2.93. The number of nitrogen functional groups attached to an aromatic ring is 1. The summed E-state index contributed by atoms with van der Waals surface area (Å²) in [5, 5.41) is 10.0. The zero-order valence-electron chi connectivity index (χ0n) is 5.61. The highest BCUT2D eigenvalue weighted by atomic mass is 16.3. The summed E-state index contributed by atoms with van der Waals surface area (Å²) in [5.74, 6) is -0.0000463. The Labute approximate surface area is 62.3 Å². The van der Waals surface area contributed by atoms with Gasteiger partial charge >= 0.3 is 0 Å². The van der Waals surface area contributed by atoms with E-state index >= 15 is 0 Å². The van der Waals surface area contributed by atoms with Gasteiger partial charge in [0.05, 0.1) is 6.26 Å². The lowest BCUT2D eigenvalue weighted by Gasteiger charge is -1.95. The minimum absolute atomic E-state index is 0.0902. The largest absolute Gasteiger partial charge is 0.502 e. The number of rotatable bonds is 0. The van der Waals surface area contributed by atoms with Crippen LogP contribution in [0, 0.1) is 0 Å². The van der Waals surface area contributed by atoms with Crippen molar-refractivity contribution in [3.63, 3.8) is 0 Å². The smallest absolute Gasteiger partial charge is 0.202 e. The fourth-order valence-corrected chi connectivity index (χ4v) is 0.930. The zero-order chi connectivity index (χ0) is 7.84. The number of furan rings is 1. The summed E-state index contributed by atoms with van der Waals surface area (Å²) in [6.45, 7) is 0. The molecule has 0 bridgehead atoms. The predicted molar refractivity (Wildman–Crippen MR) is 40.1 cm³/mol. The molecule has 56 valence electrons. The van der Waals surface area contributed by atoms with E-state index < -0.39 is 0 Å². The molecular formula is C7H6N2O2. The predicted octanol–water partition coefficient (Wildman–Crippen LogP) is 1.12. The molecule has 0 saturated carbocycles. The van der Waals surface area contributed by atoms with E-state index in [9.17, 15) is 5.11 Å². The Morgan fingerprint density at radius 2 is 2.36 bits per heavy atom. The number of anilines is 1. The van der Waals surface area contributed by atoms with Crippen molar-refractivity contribution in [1.29, 1.82) is 0 Å². The van der Waals surface area contributed by atoms with Crippen LogP contribution in [0.2, 0.25) is 0 Å². The quantitative estimate of drug-likeness (QED) is 0.590. The molecular weight excluding hydrogens is 144 g/mol. The second kappa shape index (κ2) is 1.88. The van der Waals surface area contributed by atoms with Gasteiger partial charge in [0.15, 0.2) is 11.4 Å². The van der Waals surface area contributed by atoms with Crippen LogP contribution in [-0.4, -0.2) is 10.1 Å². The van der Waals surface area contributed by atoms with Gasteiger partial charge in [0, 0.05) is 11.6 Å². The van der Waals surface area contributed by atoms with Crippen LogP contribution in [0.5, 0.6) is 5.75 Å². The Bertz CT molecular complexity index is 394. The molecule has 0 aromatic carbocycles. The first-order valence-electron chi connectivity index (χ1n) is 3.09. The van der Waals surface area contributed by atoms with Crippen LogP contribution in [0.3, 0.4) is 0 Å². The lowest BCUT2D eigenvalue weighted by Crippen LogP contribution is -1.88. The van der Waals surface area contributed by atoms with E-state index in [1.165, 1.54) is 6.26 Å². The normalized spacial score (nSPS) is 10.5. The second-order valence-corrected chi connectivity index (χ2v) is 2.20. The summed E-state index contributed by atoms with van der Waals surface area (Å²) in [6.07, 6.45) is 3.03. The van der Waals surface area contributed by atoms with Gasteiger partial charge in [-0.25, -0.2) is 4.98 Å². The summed E-state index contributed by atoms with van der Waals surface area (Å²) in [6, 6.07) is 1.71. The third-order valence-electron chi connectivity index (χ3n) is 1.50. The Morgan fingerprint density at radius 3 is 3.18 bits per heavy atom. The third kappa shape index (κ3) is 0.724. The summed E-state index contributed by atoms with van der Waals surface area (Å²) >= 11 is 0. The molecule has 0 unspecified atom stereocenters. The van der Waals surface area contributed by atoms with Crippen LogP contribution in [0.15, 0.2) is 22.9 Å². The maximum atomic E-state index is 9.27. The second-order valence-electron chi connectivity index (χ2n) is 2.20. The van der Waals surface area contributed by atoms with Crippen molar-refractivity contribution in [3.8, 4) is 5.75 Å². The van der Waals surface area contributed by atoms with Gasteiger partial charge in [-0.3, -0.25) is 0 Å². The number of fused-ring (bicyclic) bond motifs is 1. The fraction of sp³-hybridized carbons (Fsp3) is 0. The van der Waals surface area contributed by atoms with Crippen LogP contribution in [0.25, 0.3) is 11.0 Å². The SMILES string of the molecule is Nc1ncc2ccoc2c1O. The van der Waals surface area contributed by atoms with Gasteiger partial charge in [0.1, 0.15) is 0 Å². The van der Waals surface area contributed by atoms with Crippen molar-refractivity contribution < 1.29 is 9.52 Å². The third-order valence-corrected chi connectivity index (χ3v) is 1.50. The van der Waals surface area contributed by atoms with E-state index in [0.717, 1.165) is 5.39 Å². The minimum Gasteiger partial charge on any atom is -0.502 e.